The summed E-state index contributed by atoms with van der Waals surface area (Å²) in [5.41, 5.74) is -0.112. The molecule has 1 heterocycles. The molecule has 0 fully saturated rings. The van der Waals surface area contributed by atoms with Crippen LogP contribution in [0.1, 0.15) is 28.0 Å². The lowest BCUT2D eigenvalue weighted by Crippen LogP contribution is -2.30. The molecule has 142 valence electrons. The Bertz CT molecular complexity index is 742. The predicted molar refractivity (Wildman–Crippen MR) is 90.7 cm³/mol. The van der Waals surface area contributed by atoms with Crippen molar-refractivity contribution in [3.8, 4) is 0 Å². The molecule has 9 heteroatoms. The van der Waals surface area contributed by atoms with Crippen molar-refractivity contribution in [2.75, 3.05) is 34.2 Å². The van der Waals surface area contributed by atoms with Crippen molar-refractivity contribution in [2.45, 2.75) is 19.1 Å². The number of aromatic nitrogens is 3. The van der Waals surface area contributed by atoms with Crippen molar-refractivity contribution >= 4 is 5.91 Å². The summed E-state index contributed by atoms with van der Waals surface area (Å²) in [6.45, 7) is 1.55. The summed E-state index contributed by atoms with van der Waals surface area (Å²) >= 11 is 0. The van der Waals surface area contributed by atoms with Gasteiger partial charge in [0.25, 0.3) is 5.91 Å². The van der Waals surface area contributed by atoms with Crippen LogP contribution in [-0.2, 0) is 12.7 Å². The summed E-state index contributed by atoms with van der Waals surface area (Å²) < 4.78 is 39.7. The molecule has 26 heavy (non-hydrogen) atoms. The zero-order valence-electron chi connectivity index (χ0n) is 15.0. The first-order chi connectivity index (χ1) is 12.2. The molecule has 0 spiro atoms. The Balaban J connectivity index is 2.00. The second-order valence-electron chi connectivity index (χ2n) is 6.38. The molecular weight excluding hydrogens is 347 g/mol. The van der Waals surface area contributed by atoms with E-state index in [0.717, 1.165) is 25.1 Å². The molecule has 0 aliphatic rings. The van der Waals surface area contributed by atoms with Crippen molar-refractivity contribution in [3.63, 3.8) is 0 Å². The number of nitrogens with zero attached hydrogens (tertiary/aromatic N) is 5. The average molecular weight is 369 g/mol. The SMILES string of the molecule is CN(C)CCCN(C)C(=O)c1cn(Cc2cccc(C(F)(F)F)c2)nn1. The molecule has 0 radical (unpaired) electrons. The van der Waals surface area contributed by atoms with Gasteiger partial charge in [0.15, 0.2) is 5.69 Å². The second-order valence-corrected chi connectivity index (χ2v) is 6.38. The number of alkyl halides is 3. The molecule has 1 amide bonds. The Morgan fingerprint density at radius 1 is 1.19 bits per heavy atom. The summed E-state index contributed by atoms with van der Waals surface area (Å²) in [6.07, 6.45) is -2.12. The Morgan fingerprint density at radius 3 is 2.58 bits per heavy atom. The van der Waals surface area contributed by atoms with Crippen LogP contribution in [-0.4, -0.2) is 64.9 Å². The molecule has 2 aromatic rings. The van der Waals surface area contributed by atoms with Crippen molar-refractivity contribution in [1.82, 2.24) is 24.8 Å². The van der Waals surface area contributed by atoms with Gasteiger partial charge in [0.2, 0.25) is 0 Å². The van der Waals surface area contributed by atoms with Crippen LogP contribution in [0, 0.1) is 0 Å². The zero-order valence-corrected chi connectivity index (χ0v) is 15.0. The van der Waals surface area contributed by atoms with Gasteiger partial charge in [-0.25, -0.2) is 4.68 Å². The van der Waals surface area contributed by atoms with Crippen molar-refractivity contribution in [3.05, 3.63) is 47.3 Å². The van der Waals surface area contributed by atoms with E-state index in [2.05, 4.69) is 10.3 Å². The first kappa shape index (κ1) is 19.9. The third-order valence-electron chi connectivity index (χ3n) is 3.80. The molecule has 6 nitrogen and oxygen atoms in total. The van der Waals surface area contributed by atoms with E-state index in [0.29, 0.717) is 12.1 Å². The molecular formula is C17H22F3N5O. The zero-order chi connectivity index (χ0) is 19.3. The van der Waals surface area contributed by atoms with E-state index < -0.39 is 11.7 Å². The van der Waals surface area contributed by atoms with Crippen LogP contribution in [0.15, 0.2) is 30.5 Å². The van der Waals surface area contributed by atoms with Gasteiger partial charge in [0.1, 0.15) is 0 Å². The van der Waals surface area contributed by atoms with Gasteiger partial charge >= 0.3 is 6.18 Å². The maximum Gasteiger partial charge on any atom is 0.416 e. The smallest absolute Gasteiger partial charge is 0.340 e. The average Bonchev–Trinajstić information content (AvgIpc) is 3.01. The quantitative estimate of drug-likeness (QED) is 0.752. The van der Waals surface area contributed by atoms with Gasteiger partial charge < -0.3 is 9.80 Å². The van der Waals surface area contributed by atoms with E-state index in [-0.39, 0.29) is 18.1 Å². The highest BCUT2D eigenvalue weighted by atomic mass is 19.4. The number of benzene rings is 1. The van der Waals surface area contributed by atoms with Crippen LogP contribution >= 0.6 is 0 Å². The molecule has 0 saturated heterocycles. The molecule has 1 aromatic carbocycles. The number of hydrogen-bond acceptors (Lipinski definition) is 4. The highest BCUT2D eigenvalue weighted by Crippen LogP contribution is 2.29. The van der Waals surface area contributed by atoms with E-state index in [4.69, 9.17) is 0 Å². The molecule has 0 aliphatic carbocycles. The maximum absolute atomic E-state index is 12.8. The molecule has 0 bridgehead atoms. The normalized spacial score (nSPS) is 11.8. The minimum absolute atomic E-state index is 0.106. The third-order valence-corrected chi connectivity index (χ3v) is 3.80. The first-order valence-electron chi connectivity index (χ1n) is 8.13. The van der Waals surface area contributed by atoms with Crippen LogP contribution in [0.4, 0.5) is 13.2 Å². The summed E-state index contributed by atoms with van der Waals surface area (Å²) in [5.74, 6) is -0.265. The lowest BCUT2D eigenvalue weighted by molar-refractivity contribution is -0.137. The second kappa shape index (κ2) is 8.31. The number of amides is 1. The molecule has 2 rings (SSSR count). The van der Waals surface area contributed by atoms with E-state index in [1.54, 1.807) is 18.0 Å². The van der Waals surface area contributed by atoms with Crippen molar-refractivity contribution in [2.24, 2.45) is 0 Å². The molecule has 0 unspecified atom stereocenters. The standard InChI is InChI=1S/C17H22F3N5O/c1-23(2)8-5-9-24(3)16(26)15-12-25(22-21-15)11-13-6-4-7-14(10-13)17(18,19)20/h4,6-7,10,12H,5,8-9,11H2,1-3H3. The summed E-state index contributed by atoms with van der Waals surface area (Å²) in [4.78, 5) is 15.9. The highest BCUT2D eigenvalue weighted by molar-refractivity contribution is 5.91. The van der Waals surface area contributed by atoms with Gasteiger partial charge in [0, 0.05) is 13.6 Å². The number of carbonyl (C=O) groups is 1. The lowest BCUT2D eigenvalue weighted by Gasteiger charge is -2.17. The van der Waals surface area contributed by atoms with Crippen molar-refractivity contribution in [1.29, 1.82) is 0 Å². The van der Waals surface area contributed by atoms with E-state index in [1.165, 1.54) is 16.9 Å². The van der Waals surface area contributed by atoms with Crippen LogP contribution in [0.25, 0.3) is 0 Å². The fourth-order valence-electron chi connectivity index (χ4n) is 2.43. The fraction of sp³-hybridized carbons (Fsp3) is 0.471. The van der Waals surface area contributed by atoms with Gasteiger partial charge in [-0.2, -0.15) is 13.2 Å². The van der Waals surface area contributed by atoms with Crippen LogP contribution in [0.5, 0.6) is 0 Å². The number of rotatable bonds is 7. The van der Waals surface area contributed by atoms with Gasteiger partial charge in [0.05, 0.1) is 18.3 Å². The number of halogens is 3. The maximum atomic E-state index is 12.8. The minimum atomic E-state index is -4.39. The summed E-state index contributed by atoms with van der Waals surface area (Å²) in [7, 11) is 5.60. The van der Waals surface area contributed by atoms with Crippen molar-refractivity contribution < 1.29 is 18.0 Å². The van der Waals surface area contributed by atoms with E-state index in [1.807, 2.05) is 19.0 Å². The monoisotopic (exact) mass is 369 g/mol. The van der Waals surface area contributed by atoms with Crippen LogP contribution in [0.2, 0.25) is 0 Å². The molecule has 1 aromatic heterocycles. The van der Waals surface area contributed by atoms with E-state index in [9.17, 15) is 18.0 Å². The van der Waals surface area contributed by atoms with Crippen LogP contribution < -0.4 is 0 Å². The van der Waals surface area contributed by atoms with Crippen LogP contribution in [0.3, 0.4) is 0 Å². The predicted octanol–water partition coefficient (Wildman–Crippen LogP) is 2.37. The third kappa shape index (κ3) is 5.55. The molecule has 0 aliphatic heterocycles. The Kier molecular flexibility index (Phi) is 6.36. The number of hydrogen-bond donors (Lipinski definition) is 0. The molecule has 0 saturated carbocycles. The topological polar surface area (TPSA) is 54.3 Å². The largest absolute Gasteiger partial charge is 0.416 e. The fourth-order valence-corrected chi connectivity index (χ4v) is 2.43. The molecule has 0 N–H and O–H groups in total. The lowest BCUT2D eigenvalue weighted by atomic mass is 10.1. The molecule has 0 atom stereocenters. The highest BCUT2D eigenvalue weighted by Gasteiger charge is 2.30. The summed E-state index contributed by atoms with van der Waals surface area (Å²) in [6, 6.07) is 5.00. The first-order valence-corrected chi connectivity index (χ1v) is 8.13. The van der Waals surface area contributed by atoms with E-state index >= 15 is 0 Å². The minimum Gasteiger partial charge on any atom is -0.340 e. The van der Waals surface area contributed by atoms with Gasteiger partial charge in [-0.3, -0.25) is 4.79 Å². The number of carbonyl (C=O) groups excluding carboxylic acids is 1. The van der Waals surface area contributed by atoms with Gasteiger partial charge in [-0.05, 0) is 44.8 Å². The van der Waals surface area contributed by atoms with Gasteiger partial charge in [-0.15, -0.1) is 5.10 Å². The Labute approximate surface area is 150 Å². The summed E-state index contributed by atoms with van der Waals surface area (Å²) in [5, 5.41) is 7.68. The Hall–Kier alpha value is -2.42. The Morgan fingerprint density at radius 2 is 1.92 bits per heavy atom. The van der Waals surface area contributed by atoms with Gasteiger partial charge in [-0.1, -0.05) is 17.3 Å².